The Morgan fingerprint density at radius 3 is 2.30 bits per heavy atom. The molecule has 10 heteroatoms. The van der Waals surface area contributed by atoms with Crippen molar-refractivity contribution in [3.63, 3.8) is 0 Å². The number of benzene rings is 1. The van der Waals surface area contributed by atoms with Gasteiger partial charge in [0, 0.05) is 29.6 Å². The number of halogens is 3. The van der Waals surface area contributed by atoms with Gasteiger partial charge in [-0.15, -0.1) is 0 Å². The number of carboxylic acids is 2. The van der Waals surface area contributed by atoms with Crippen LogP contribution in [-0.2, 0) is 16.0 Å². The van der Waals surface area contributed by atoms with Crippen molar-refractivity contribution < 1.29 is 38.1 Å². The van der Waals surface area contributed by atoms with Crippen LogP contribution in [0.2, 0.25) is 0 Å². The van der Waals surface area contributed by atoms with E-state index in [-0.39, 0.29) is 12.2 Å². The fraction of sp³-hybridized carbons (Fsp3) is 0.231. The summed E-state index contributed by atoms with van der Waals surface area (Å²) >= 11 is 0. The second-order valence-corrected chi connectivity index (χ2v) is 4.50. The number of rotatable bonds is 3. The second kappa shape index (κ2) is 7.01. The standard InChI is InChI=1S/C11H12N2O3.C2HF3O2/c12-9(11(15)16)3-6-5-13-10-4-7(14)1-2-8(6)10;3-2(4,5)1(6)7/h1-2,4-5,9,13-14H,3,12H2,(H,15,16);(H,6,7)/t9-;/m0./s1. The van der Waals surface area contributed by atoms with E-state index < -0.39 is 24.2 Å². The van der Waals surface area contributed by atoms with E-state index in [2.05, 4.69) is 4.98 Å². The lowest BCUT2D eigenvalue weighted by atomic mass is 10.1. The molecule has 1 aromatic carbocycles. The van der Waals surface area contributed by atoms with E-state index in [1.54, 1.807) is 24.4 Å². The molecule has 126 valence electrons. The number of alkyl halides is 3. The Kier molecular flexibility index (Phi) is 5.57. The average Bonchev–Trinajstić information content (AvgIpc) is 2.80. The summed E-state index contributed by atoms with van der Waals surface area (Å²) in [7, 11) is 0. The number of carbonyl (C=O) groups is 2. The van der Waals surface area contributed by atoms with Crippen molar-refractivity contribution >= 4 is 22.8 Å². The molecule has 2 aromatic rings. The van der Waals surface area contributed by atoms with E-state index in [4.69, 9.17) is 20.7 Å². The maximum atomic E-state index is 10.6. The zero-order chi connectivity index (χ0) is 17.8. The molecule has 1 atom stereocenters. The van der Waals surface area contributed by atoms with Gasteiger partial charge in [-0.1, -0.05) is 0 Å². The van der Waals surface area contributed by atoms with Crippen LogP contribution in [0.4, 0.5) is 13.2 Å². The Morgan fingerprint density at radius 1 is 1.26 bits per heavy atom. The second-order valence-electron chi connectivity index (χ2n) is 4.50. The summed E-state index contributed by atoms with van der Waals surface area (Å²) in [6.45, 7) is 0. The van der Waals surface area contributed by atoms with Gasteiger partial charge in [-0.25, -0.2) is 4.79 Å². The average molecular weight is 334 g/mol. The Bertz CT molecular complexity index is 711. The maximum Gasteiger partial charge on any atom is 0.490 e. The lowest BCUT2D eigenvalue weighted by molar-refractivity contribution is -0.192. The summed E-state index contributed by atoms with van der Waals surface area (Å²) in [5.41, 5.74) is 7.07. The molecule has 0 saturated carbocycles. The molecule has 2 rings (SSSR count). The van der Waals surface area contributed by atoms with E-state index in [9.17, 15) is 23.1 Å². The van der Waals surface area contributed by atoms with Crippen LogP contribution < -0.4 is 5.73 Å². The van der Waals surface area contributed by atoms with Gasteiger partial charge < -0.3 is 26.0 Å². The molecule has 0 fully saturated rings. The fourth-order valence-corrected chi connectivity index (χ4v) is 1.67. The maximum absolute atomic E-state index is 10.6. The molecule has 0 radical (unpaired) electrons. The molecule has 0 aliphatic rings. The summed E-state index contributed by atoms with van der Waals surface area (Å²) in [4.78, 5) is 22.5. The van der Waals surface area contributed by atoms with Gasteiger partial charge in [0.2, 0.25) is 0 Å². The van der Waals surface area contributed by atoms with Gasteiger partial charge in [0.15, 0.2) is 0 Å². The smallest absolute Gasteiger partial charge is 0.490 e. The number of aromatic amines is 1. The van der Waals surface area contributed by atoms with Crippen LogP contribution in [0.15, 0.2) is 24.4 Å². The Balaban J connectivity index is 0.000000322. The highest BCUT2D eigenvalue weighted by molar-refractivity contribution is 5.85. The van der Waals surface area contributed by atoms with Crippen molar-refractivity contribution in [1.82, 2.24) is 4.98 Å². The van der Waals surface area contributed by atoms with Gasteiger partial charge in [-0.3, -0.25) is 4.79 Å². The first kappa shape index (κ1) is 18.3. The lowest BCUT2D eigenvalue weighted by Crippen LogP contribution is -2.32. The van der Waals surface area contributed by atoms with E-state index >= 15 is 0 Å². The molecular formula is C13H13F3N2O5. The van der Waals surface area contributed by atoms with E-state index in [0.29, 0.717) is 0 Å². The highest BCUT2D eigenvalue weighted by Gasteiger charge is 2.38. The third-order valence-corrected chi connectivity index (χ3v) is 2.75. The number of fused-ring (bicyclic) bond motifs is 1. The van der Waals surface area contributed by atoms with Crippen LogP contribution in [0.5, 0.6) is 5.75 Å². The molecule has 7 nitrogen and oxygen atoms in total. The van der Waals surface area contributed by atoms with Crippen LogP contribution in [0.1, 0.15) is 5.56 Å². The first-order valence-electron chi connectivity index (χ1n) is 6.10. The van der Waals surface area contributed by atoms with Crippen LogP contribution in [0.25, 0.3) is 10.9 Å². The van der Waals surface area contributed by atoms with Gasteiger partial charge in [0.25, 0.3) is 0 Å². The number of phenols is 1. The molecular weight excluding hydrogens is 321 g/mol. The molecule has 0 bridgehead atoms. The highest BCUT2D eigenvalue weighted by Crippen LogP contribution is 2.23. The summed E-state index contributed by atoms with van der Waals surface area (Å²) in [6, 6.07) is 3.98. The molecule has 0 unspecified atom stereocenters. The van der Waals surface area contributed by atoms with Crippen molar-refractivity contribution in [3.05, 3.63) is 30.0 Å². The quantitative estimate of drug-likeness (QED) is 0.576. The Labute approximate surface area is 127 Å². The van der Waals surface area contributed by atoms with Crippen molar-refractivity contribution in [2.75, 3.05) is 0 Å². The number of aromatic hydroxyl groups is 1. The number of nitrogens with one attached hydrogen (secondary N) is 1. The number of hydrogen-bond donors (Lipinski definition) is 5. The minimum Gasteiger partial charge on any atom is -0.508 e. The largest absolute Gasteiger partial charge is 0.508 e. The molecule has 0 spiro atoms. The predicted molar refractivity (Wildman–Crippen MR) is 73.0 cm³/mol. The zero-order valence-electron chi connectivity index (χ0n) is 11.5. The number of carboxylic acid groups (broad SMARTS) is 2. The van der Waals surface area contributed by atoms with Crippen molar-refractivity contribution in [2.45, 2.75) is 18.6 Å². The fourth-order valence-electron chi connectivity index (χ4n) is 1.67. The molecule has 0 aliphatic carbocycles. The van der Waals surface area contributed by atoms with Crippen molar-refractivity contribution in [1.29, 1.82) is 0 Å². The first-order chi connectivity index (χ1) is 10.5. The zero-order valence-corrected chi connectivity index (χ0v) is 11.5. The molecule has 0 saturated heterocycles. The summed E-state index contributed by atoms with van der Waals surface area (Å²) in [6.07, 6.45) is -3.10. The molecule has 1 aromatic heterocycles. The molecule has 23 heavy (non-hydrogen) atoms. The van der Waals surface area contributed by atoms with Crippen LogP contribution in [-0.4, -0.2) is 44.5 Å². The third-order valence-electron chi connectivity index (χ3n) is 2.75. The monoisotopic (exact) mass is 334 g/mol. The summed E-state index contributed by atoms with van der Waals surface area (Å²) < 4.78 is 31.7. The topological polar surface area (TPSA) is 137 Å². The highest BCUT2D eigenvalue weighted by atomic mass is 19.4. The SMILES string of the molecule is N[C@@H](Cc1c[nH]c2cc(O)ccc12)C(=O)O.O=C(O)C(F)(F)F. The van der Waals surface area contributed by atoms with Gasteiger partial charge in [0.05, 0.1) is 0 Å². The predicted octanol–water partition coefficient (Wildman–Crippen LogP) is 1.46. The van der Waals surface area contributed by atoms with Crippen molar-refractivity contribution in [3.8, 4) is 5.75 Å². The minimum atomic E-state index is -5.08. The van der Waals surface area contributed by atoms with Gasteiger partial charge in [0.1, 0.15) is 11.8 Å². The number of aliphatic carboxylic acids is 2. The number of hydrogen-bond acceptors (Lipinski definition) is 4. The summed E-state index contributed by atoms with van der Waals surface area (Å²) in [5, 5.41) is 26.0. The number of phenolic OH excluding ortho intramolecular Hbond substituents is 1. The Morgan fingerprint density at radius 2 is 1.83 bits per heavy atom. The van der Waals surface area contributed by atoms with E-state index in [1.165, 1.54) is 0 Å². The minimum absolute atomic E-state index is 0.170. The first-order valence-corrected chi connectivity index (χ1v) is 6.10. The van der Waals surface area contributed by atoms with Gasteiger partial charge in [-0.05, 0) is 17.7 Å². The lowest BCUT2D eigenvalue weighted by Gasteiger charge is -2.04. The molecule has 6 N–H and O–H groups in total. The summed E-state index contributed by atoms with van der Waals surface area (Å²) in [5.74, 6) is -3.61. The number of nitrogens with two attached hydrogens (primary N) is 1. The number of H-pyrrole nitrogens is 1. The van der Waals surface area contributed by atoms with Crippen LogP contribution >= 0.6 is 0 Å². The van der Waals surface area contributed by atoms with Crippen LogP contribution in [0.3, 0.4) is 0 Å². The normalized spacial score (nSPS) is 12.3. The molecule has 0 aliphatic heterocycles. The molecule has 1 heterocycles. The van der Waals surface area contributed by atoms with Gasteiger partial charge >= 0.3 is 18.1 Å². The molecule has 0 amide bonds. The Hall–Kier alpha value is -2.75. The van der Waals surface area contributed by atoms with Crippen molar-refractivity contribution in [2.24, 2.45) is 5.73 Å². The van der Waals surface area contributed by atoms with Crippen LogP contribution in [0, 0.1) is 0 Å². The van der Waals surface area contributed by atoms with E-state index in [0.717, 1.165) is 16.5 Å². The third kappa shape index (κ3) is 5.18. The van der Waals surface area contributed by atoms with Gasteiger partial charge in [-0.2, -0.15) is 13.2 Å². The number of aromatic nitrogens is 1. The van der Waals surface area contributed by atoms with E-state index in [1.807, 2.05) is 0 Å².